The molecule has 0 radical (unpaired) electrons. The van der Waals surface area contributed by atoms with E-state index in [2.05, 4.69) is 6.58 Å². The van der Waals surface area contributed by atoms with Crippen molar-refractivity contribution in [2.75, 3.05) is 6.61 Å². The number of benzene rings is 1. The second kappa shape index (κ2) is 7.92. The van der Waals surface area contributed by atoms with Crippen molar-refractivity contribution in [3.63, 3.8) is 0 Å². The molecule has 1 aromatic heterocycles. The number of nitrogens with zero attached hydrogens (tertiary/aromatic N) is 1. The monoisotopic (exact) mass is 451 g/mol. The molecule has 0 spiro atoms. The summed E-state index contributed by atoms with van der Waals surface area (Å²) in [6.45, 7) is 3.20. The Morgan fingerprint density at radius 3 is 2.70 bits per heavy atom. The molecule has 2 rings (SSSR count). The van der Waals surface area contributed by atoms with Crippen LogP contribution in [0.4, 0.5) is 8.78 Å². The van der Waals surface area contributed by atoms with Crippen LogP contribution in [0.15, 0.2) is 47.8 Å². The third kappa shape index (κ3) is 4.32. The van der Waals surface area contributed by atoms with E-state index in [1.807, 2.05) is 22.6 Å². The van der Waals surface area contributed by atoms with Gasteiger partial charge >= 0.3 is 0 Å². The Morgan fingerprint density at radius 1 is 1.35 bits per heavy atom. The molecule has 0 bridgehead atoms. The first-order chi connectivity index (χ1) is 10.9. The Morgan fingerprint density at radius 2 is 2.09 bits per heavy atom. The quantitative estimate of drug-likeness (QED) is 0.475. The highest BCUT2D eigenvalue weighted by atomic mass is 127. The maximum atomic E-state index is 12.8. The summed E-state index contributed by atoms with van der Waals surface area (Å²) in [5.74, 6) is 0.534. The molecule has 0 amide bonds. The van der Waals surface area contributed by atoms with Gasteiger partial charge in [0.05, 0.1) is 20.8 Å². The molecule has 23 heavy (non-hydrogen) atoms. The molecule has 0 fully saturated rings. The Balaban J connectivity index is 2.51. The van der Waals surface area contributed by atoms with Crippen molar-refractivity contribution in [1.29, 1.82) is 0 Å². The molecule has 122 valence electrons. The van der Waals surface area contributed by atoms with Gasteiger partial charge in [0.2, 0.25) is 0 Å². The molecule has 2 aromatic rings. The Hall–Kier alpha value is -1.41. The van der Waals surface area contributed by atoms with E-state index in [4.69, 9.17) is 16.3 Å². The SMILES string of the molecule is C=CCOc1ccc(-c2ccc(I)c(=O)n2CC(F)F)c(Cl)c1. The molecule has 0 atom stereocenters. The summed E-state index contributed by atoms with van der Waals surface area (Å²) in [4.78, 5) is 12.2. The number of rotatable bonds is 6. The summed E-state index contributed by atoms with van der Waals surface area (Å²) in [6.07, 6.45) is -1.04. The molecule has 3 nitrogen and oxygen atoms in total. The maximum Gasteiger partial charge on any atom is 0.264 e. The van der Waals surface area contributed by atoms with Gasteiger partial charge in [-0.3, -0.25) is 4.79 Å². The van der Waals surface area contributed by atoms with Gasteiger partial charge in [-0.05, 0) is 52.9 Å². The number of hydrogen-bond acceptors (Lipinski definition) is 2. The fourth-order valence-electron chi connectivity index (χ4n) is 2.05. The van der Waals surface area contributed by atoms with Crippen LogP contribution in [-0.4, -0.2) is 17.6 Å². The molecular weight excluding hydrogens is 439 g/mol. The molecule has 0 saturated carbocycles. The number of alkyl halides is 2. The number of aromatic nitrogens is 1. The molecule has 1 heterocycles. The molecule has 0 N–H and O–H groups in total. The van der Waals surface area contributed by atoms with Crippen LogP contribution < -0.4 is 10.3 Å². The van der Waals surface area contributed by atoms with Crippen molar-refractivity contribution in [1.82, 2.24) is 4.57 Å². The van der Waals surface area contributed by atoms with Gasteiger partial charge in [-0.1, -0.05) is 24.3 Å². The van der Waals surface area contributed by atoms with Crippen LogP contribution >= 0.6 is 34.2 Å². The van der Waals surface area contributed by atoms with E-state index >= 15 is 0 Å². The van der Waals surface area contributed by atoms with Crippen molar-refractivity contribution in [3.05, 3.63) is 61.9 Å². The summed E-state index contributed by atoms with van der Waals surface area (Å²) in [6, 6.07) is 8.08. The molecule has 0 aliphatic rings. The third-order valence-electron chi connectivity index (χ3n) is 3.03. The lowest BCUT2D eigenvalue weighted by Gasteiger charge is -2.15. The van der Waals surface area contributed by atoms with Gasteiger partial charge in [0.25, 0.3) is 12.0 Å². The summed E-state index contributed by atoms with van der Waals surface area (Å²) in [5, 5.41) is 0.315. The summed E-state index contributed by atoms with van der Waals surface area (Å²) in [5.41, 5.74) is 0.370. The first-order valence-electron chi connectivity index (χ1n) is 6.65. The molecule has 0 aliphatic carbocycles. The van der Waals surface area contributed by atoms with Gasteiger partial charge in [-0.2, -0.15) is 0 Å². The molecule has 7 heteroatoms. The Bertz CT molecular complexity index is 777. The molecule has 0 aliphatic heterocycles. The van der Waals surface area contributed by atoms with Crippen molar-refractivity contribution >= 4 is 34.2 Å². The van der Waals surface area contributed by atoms with Gasteiger partial charge in [0, 0.05) is 5.56 Å². The van der Waals surface area contributed by atoms with Crippen LogP contribution in [0.2, 0.25) is 5.02 Å². The first-order valence-corrected chi connectivity index (χ1v) is 8.10. The van der Waals surface area contributed by atoms with Crippen LogP contribution in [0.25, 0.3) is 11.3 Å². The van der Waals surface area contributed by atoms with Crippen LogP contribution in [0.3, 0.4) is 0 Å². The van der Waals surface area contributed by atoms with Crippen molar-refractivity contribution in [2.45, 2.75) is 13.0 Å². The fourth-order valence-corrected chi connectivity index (χ4v) is 2.79. The largest absolute Gasteiger partial charge is 0.490 e. The van der Waals surface area contributed by atoms with E-state index in [1.165, 1.54) is 0 Å². The lowest BCUT2D eigenvalue weighted by atomic mass is 10.1. The summed E-state index contributed by atoms with van der Waals surface area (Å²) >= 11 is 8.05. The topological polar surface area (TPSA) is 31.2 Å². The standard InChI is InChI=1S/C16H13ClF2INO2/c1-2-7-23-10-3-4-11(12(17)8-10)14-6-5-13(20)16(22)21(14)9-15(18)19/h2-6,8,15H,1,7,9H2. The van der Waals surface area contributed by atoms with Crippen molar-refractivity contribution in [2.24, 2.45) is 0 Å². The summed E-state index contributed by atoms with van der Waals surface area (Å²) in [7, 11) is 0. The average Bonchev–Trinajstić information content (AvgIpc) is 2.50. The highest BCUT2D eigenvalue weighted by Crippen LogP contribution is 2.31. The fraction of sp³-hybridized carbons (Fsp3) is 0.188. The zero-order valence-corrected chi connectivity index (χ0v) is 14.9. The van der Waals surface area contributed by atoms with Gasteiger partial charge in [-0.25, -0.2) is 8.78 Å². The zero-order valence-electron chi connectivity index (χ0n) is 11.9. The van der Waals surface area contributed by atoms with Crippen molar-refractivity contribution in [3.8, 4) is 17.0 Å². The smallest absolute Gasteiger partial charge is 0.264 e. The second-order valence-corrected chi connectivity index (χ2v) is 6.18. The van der Waals surface area contributed by atoms with E-state index in [0.29, 0.717) is 32.2 Å². The van der Waals surface area contributed by atoms with E-state index in [9.17, 15) is 13.6 Å². The molecular formula is C16H13ClF2INO2. The maximum absolute atomic E-state index is 12.8. The minimum absolute atomic E-state index is 0.315. The van der Waals surface area contributed by atoms with Crippen LogP contribution in [-0.2, 0) is 6.54 Å². The first kappa shape index (κ1) is 17.9. The second-order valence-electron chi connectivity index (χ2n) is 4.61. The predicted molar refractivity (Wildman–Crippen MR) is 95.6 cm³/mol. The van der Waals surface area contributed by atoms with Crippen LogP contribution in [0.1, 0.15) is 0 Å². The third-order valence-corrected chi connectivity index (χ3v) is 4.17. The van der Waals surface area contributed by atoms with Crippen molar-refractivity contribution < 1.29 is 13.5 Å². The molecule has 1 aromatic carbocycles. The number of pyridine rings is 1. The Kier molecular flexibility index (Phi) is 6.17. The highest BCUT2D eigenvalue weighted by molar-refractivity contribution is 14.1. The number of halogens is 4. The van der Waals surface area contributed by atoms with Crippen LogP contribution in [0, 0.1) is 3.57 Å². The molecule has 0 saturated heterocycles. The van der Waals surface area contributed by atoms with E-state index in [-0.39, 0.29) is 0 Å². The van der Waals surface area contributed by atoms with Gasteiger partial charge in [0.15, 0.2) is 0 Å². The van der Waals surface area contributed by atoms with E-state index in [1.54, 1.807) is 36.4 Å². The van der Waals surface area contributed by atoms with Gasteiger partial charge < -0.3 is 9.30 Å². The Labute approximate surface area is 150 Å². The highest BCUT2D eigenvalue weighted by Gasteiger charge is 2.15. The van der Waals surface area contributed by atoms with E-state index in [0.717, 1.165) is 4.57 Å². The minimum atomic E-state index is -2.64. The van der Waals surface area contributed by atoms with Gasteiger partial charge in [0.1, 0.15) is 12.4 Å². The lowest BCUT2D eigenvalue weighted by molar-refractivity contribution is 0.125. The number of hydrogen-bond donors (Lipinski definition) is 0. The van der Waals surface area contributed by atoms with Gasteiger partial charge in [-0.15, -0.1) is 0 Å². The minimum Gasteiger partial charge on any atom is -0.490 e. The number of ether oxygens (including phenoxy) is 1. The van der Waals surface area contributed by atoms with Crippen LogP contribution in [0.5, 0.6) is 5.75 Å². The summed E-state index contributed by atoms with van der Waals surface area (Å²) < 4.78 is 32.4. The normalized spacial score (nSPS) is 10.8. The van der Waals surface area contributed by atoms with E-state index < -0.39 is 18.5 Å². The molecule has 0 unspecified atom stereocenters. The average molecular weight is 452 g/mol. The zero-order chi connectivity index (χ0) is 17.0. The predicted octanol–water partition coefficient (Wildman–Crippen LogP) is 4.60. The lowest BCUT2D eigenvalue weighted by Crippen LogP contribution is -2.26.